The Morgan fingerprint density at radius 2 is 1.94 bits per heavy atom. The highest BCUT2D eigenvalue weighted by Gasteiger charge is 2.36. The van der Waals surface area contributed by atoms with E-state index in [4.69, 9.17) is 9.47 Å². The molecule has 4 aromatic rings. The van der Waals surface area contributed by atoms with Crippen molar-refractivity contribution in [1.82, 2.24) is 24.6 Å². The predicted molar refractivity (Wildman–Crippen MR) is 114 cm³/mol. The minimum absolute atomic E-state index is 0.221. The molecule has 0 amide bonds. The first-order chi connectivity index (χ1) is 15.0. The summed E-state index contributed by atoms with van der Waals surface area (Å²) in [5.41, 5.74) is 4.07. The number of hydrogen-bond donors (Lipinski definition) is 1. The molecule has 1 aromatic carbocycles. The van der Waals surface area contributed by atoms with Crippen LogP contribution in [0.3, 0.4) is 0 Å². The van der Waals surface area contributed by atoms with Crippen LogP contribution in [-0.2, 0) is 21.4 Å². The molecule has 0 spiro atoms. The van der Waals surface area contributed by atoms with Crippen molar-refractivity contribution in [2.24, 2.45) is 0 Å². The van der Waals surface area contributed by atoms with Crippen molar-refractivity contribution in [3.63, 3.8) is 0 Å². The van der Waals surface area contributed by atoms with E-state index in [0.717, 1.165) is 22.2 Å². The third kappa shape index (κ3) is 3.55. The second kappa shape index (κ2) is 7.43. The fraction of sp³-hybridized carbons (Fsp3) is 0.300. The Labute approximate surface area is 178 Å². The molecular formula is C20H20N6O4S. The molecule has 0 aliphatic heterocycles. The van der Waals surface area contributed by atoms with Crippen molar-refractivity contribution < 1.29 is 17.9 Å². The van der Waals surface area contributed by atoms with Gasteiger partial charge in [0, 0.05) is 18.9 Å². The van der Waals surface area contributed by atoms with E-state index >= 15 is 0 Å². The summed E-state index contributed by atoms with van der Waals surface area (Å²) < 4.78 is 39.9. The Bertz CT molecular complexity index is 1400. The summed E-state index contributed by atoms with van der Waals surface area (Å²) in [6.45, 7) is 0.307. The molecule has 0 bridgehead atoms. The van der Waals surface area contributed by atoms with Gasteiger partial charge in [0.05, 0.1) is 29.6 Å². The van der Waals surface area contributed by atoms with Gasteiger partial charge in [0.1, 0.15) is 12.3 Å². The Morgan fingerprint density at radius 1 is 1.10 bits per heavy atom. The highest BCUT2D eigenvalue weighted by molar-refractivity contribution is 7.93. The van der Waals surface area contributed by atoms with E-state index in [1.54, 1.807) is 25.6 Å². The maximum Gasteiger partial charge on any atom is 0.238 e. The minimum atomic E-state index is -3.45. The molecule has 1 N–H and O–H groups in total. The summed E-state index contributed by atoms with van der Waals surface area (Å²) in [7, 11) is -0.397. The minimum Gasteiger partial charge on any atom is -0.480 e. The molecule has 5 rings (SSSR count). The molecule has 0 unspecified atom stereocenters. The van der Waals surface area contributed by atoms with Crippen molar-refractivity contribution in [1.29, 1.82) is 0 Å². The quantitative estimate of drug-likeness (QED) is 0.465. The highest BCUT2D eigenvalue weighted by atomic mass is 32.2. The van der Waals surface area contributed by atoms with Crippen molar-refractivity contribution in [2.45, 2.75) is 24.7 Å². The number of fused-ring (bicyclic) bond motifs is 3. The summed E-state index contributed by atoms with van der Waals surface area (Å²) in [6.07, 6.45) is 4.64. The summed E-state index contributed by atoms with van der Waals surface area (Å²) in [5, 5.41) is 7.98. The Hall–Kier alpha value is -3.31. The van der Waals surface area contributed by atoms with Crippen LogP contribution in [0.2, 0.25) is 0 Å². The second-order valence-electron chi connectivity index (χ2n) is 7.33. The third-order valence-electron chi connectivity index (χ3n) is 5.16. The van der Waals surface area contributed by atoms with Gasteiger partial charge >= 0.3 is 0 Å². The molecule has 160 valence electrons. The first kappa shape index (κ1) is 19.6. The normalized spacial score (nSPS) is 14.3. The van der Waals surface area contributed by atoms with E-state index < -0.39 is 10.0 Å². The van der Waals surface area contributed by atoms with Gasteiger partial charge in [-0.2, -0.15) is 0 Å². The molecule has 31 heavy (non-hydrogen) atoms. The molecule has 10 nitrogen and oxygen atoms in total. The van der Waals surface area contributed by atoms with E-state index in [2.05, 4.69) is 24.9 Å². The zero-order valence-corrected chi connectivity index (χ0v) is 17.8. The van der Waals surface area contributed by atoms with E-state index in [9.17, 15) is 8.42 Å². The summed E-state index contributed by atoms with van der Waals surface area (Å²) in [4.78, 5) is 8.75. The molecule has 11 heteroatoms. The second-order valence-corrected chi connectivity index (χ2v) is 9.29. The van der Waals surface area contributed by atoms with Crippen molar-refractivity contribution in [3.8, 4) is 17.0 Å². The van der Waals surface area contributed by atoms with Crippen molar-refractivity contribution in [3.05, 3.63) is 42.5 Å². The number of sulfonamides is 1. The maximum absolute atomic E-state index is 12.4. The number of methoxy groups -OCH3 is 2. The van der Waals surface area contributed by atoms with E-state index in [1.165, 1.54) is 7.11 Å². The zero-order valence-electron chi connectivity index (χ0n) is 16.9. The van der Waals surface area contributed by atoms with Gasteiger partial charge in [-0.05, 0) is 36.6 Å². The van der Waals surface area contributed by atoms with E-state index in [-0.39, 0.29) is 11.1 Å². The lowest BCUT2D eigenvalue weighted by atomic mass is 10.1. The number of rotatable bonds is 7. The van der Waals surface area contributed by atoms with Gasteiger partial charge in [-0.1, -0.05) is 6.07 Å². The van der Waals surface area contributed by atoms with Gasteiger partial charge in [0.2, 0.25) is 15.9 Å². The number of hydrogen-bond acceptors (Lipinski definition) is 8. The van der Waals surface area contributed by atoms with E-state index in [0.29, 0.717) is 36.6 Å². The van der Waals surface area contributed by atoms with Crippen LogP contribution in [0.1, 0.15) is 18.7 Å². The Balaban J connectivity index is 1.62. The highest BCUT2D eigenvalue weighted by Crippen LogP contribution is 2.34. The van der Waals surface area contributed by atoms with Crippen LogP contribution in [0.5, 0.6) is 5.88 Å². The Morgan fingerprint density at radius 3 is 2.68 bits per heavy atom. The molecule has 1 aliphatic carbocycles. The lowest BCUT2D eigenvalue weighted by Crippen LogP contribution is -2.18. The molecule has 1 fully saturated rings. The molecule has 3 aromatic heterocycles. The Kier molecular flexibility index (Phi) is 4.71. The molecule has 1 saturated carbocycles. The summed E-state index contributed by atoms with van der Waals surface area (Å²) in [5.74, 6) is 0.881. The lowest BCUT2D eigenvalue weighted by molar-refractivity contribution is 0.177. The average molecular weight is 440 g/mol. The molecule has 3 heterocycles. The van der Waals surface area contributed by atoms with Crippen LogP contribution in [0.4, 0.5) is 5.69 Å². The molecule has 0 atom stereocenters. The van der Waals surface area contributed by atoms with Gasteiger partial charge in [-0.3, -0.25) is 14.1 Å². The van der Waals surface area contributed by atoms with Crippen molar-refractivity contribution in [2.75, 3.05) is 18.9 Å². The monoisotopic (exact) mass is 440 g/mol. The van der Waals surface area contributed by atoms with Crippen LogP contribution in [0, 0.1) is 0 Å². The molecular weight excluding hydrogens is 420 g/mol. The van der Waals surface area contributed by atoms with Gasteiger partial charge in [0.25, 0.3) is 0 Å². The first-order valence-electron chi connectivity index (χ1n) is 9.68. The van der Waals surface area contributed by atoms with E-state index in [1.807, 2.05) is 22.6 Å². The van der Waals surface area contributed by atoms with Gasteiger partial charge in [0.15, 0.2) is 11.5 Å². The predicted octanol–water partition coefficient (Wildman–Crippen LogP) is 2.40. The van der Waals surface area contributed by atoms with Crippen LogP contribution < -0.4 is 9.46 Å². The summed E-state index contributed by atoms with van der Waals surface area (Å²) in [6, 6.07) is 7.46. The molecule has 0 radical (unpaired) electrons. The number of aromatic nitrogens is 5. The fourth-order valence-electron chi connectivity index (χ4n) is 3.48. The smallest absolute Gasteiger partial charge is 0.238 e. The number of benzene rings is 1. The van der Waals surface area contributed by atoms with Gasteiger partial charge in [-0.25, -0.2) is 13.4 Å². The topological polar surface area (TPSA) is 121 Å². The molecule has 0 saturated heterocycles. The standard InChI is InChI=1S/C20H20N6O4S/c1-29-11-19-24-23-18-10-21-15-6-3-12(8-17(15)26(18)19)13-7-16(20(30-2)22-9-13)25-31(27,28)14-4-5-14/h3,6-10,14,25H,4-5,11H2,1-2H3. The van der Waals surface area contributed by atoms with Gasteiger partial charge < -0.3 is 9.47 Å². The SMILES string of the molecule is COCc1nnc2cnc3ccc(-c4cnc(OC)c(NS(=O)(=O)C5CC5)c4)cc3n12. The number of nitrogens with zero attached hydrogens (tertiary/aromatic N) is 5. The van der Waals surface area contributed by atoms with Crippen LogP contribution in [0.25, 0.3) is 27.8 Å². The maximum atomic E-state index is 12.4. The largest absolute Gasteiger partial charge is 0.480 e. The number of anilines is 1. The number of ether oxygens (including phenoxy) is 2. The van der Waals surface area contributed by atoms with Crippen molar-refractivity contribution >= 4 is 32.4 Å². The van der Waals surface area contributed by atoms with Crippen LogP contribution in [0.15, 0.2) is 36.7 Å². The average Bonchev–Trinajstić information content (AvgIpc) is 3.56. The first-order valence-corrected chi connectivity index (χ1v) is 11.2. The molecule has 1 aliphatic rings. The lowest BCUT2D eigenvalue weighted by Gasteiger charge is -2.13. The van der Waals surface area contributed by atoms with Crippen LogP contribution >= 0.6 is 0 Å². The number of nitrogens with one attached hydrogen (secondary N) is 1. The number of pyridine rings is 1. The third-order valence-corrected chi connectivity index (χ3v) is 7.01. The van der Waals surface area contributed by atoms with Gasteiger partial charge in [-0.15, -0.1) is 10.2 Å². The zero-order chi connectivity index (χ0) is 21.6. The fourth-order valence-corrected chi connectivity index (χ4v) is 4.85. The van der Waals surface area contributed by atoms with Crippen LogP contribution in [-0.4, -0.2) is 52.5 Å². The summed E-state index contributed by atoms with van der Waals surface area (Å²) >= 11 is 0.